The number of nitrogens with zero attached hydrogens (tertiary/aromatic N) is 1. The Labute approximate surface area is 128 Å². The first kappa shape index (κ1) is 16.1. The smallest absolute Gasteiger partial charge is 0.134 e. The molecule has 3 nitrogen and oxygen atoms in total. The number of aryl methyl sites for hydroxylation is 1. The zero-order valence-electron chi connectivity index (χ0n) is 13.9. The molecule has 1 heterocycles. The van der Waals surface area contributed by atoms with Crippen LogP contribution in [0.1, 0.15) is 45.1 Å². The minimum atomic E-state index is 0.243. The third kappa shape index (κ3) is 3.66. The van der Waals surface area contributed by atoms with E-state index in [-0.39, 0.29) is 6.04 Å². The van der Waals surface area contributed by atoms with Gasteiger partial charge < -0.3 is 14.6 Å². The molecule has 21 heavy (non-hydrogen) atoms. The van der Waals surface area contributed by atoms with Gasteiger partial charge in [0.15, 0.2) is 0 Å². The van der Waals surface area contributed by atoms with Crippen LogP contribution in [-0.2, 0) is 6.42 Å². The van der Waals surface area contributed by atoms with Gasteiger partial charge in [0.05, 0.1) is 6.04 Å². The topological polar surface area (TPSA) is 28.4 Å². The molecular weight excluding hydrogens is 260 g/mol. The average Bonchev–Trinajstić information content (AvgIpc) is 2.85. The van der Waals surface area contributed by atoms with Crippen molar-refractivity contribution in [2.45, 2.75) is 46.2 Å². The summed E-state index contributed by atoms with van der Waals surface area (Å²) < 4.78 is 6.08. The Hall–Kier alpha value is -1.32. The van der Waals surface area contributed by atoms with Crippen molar-refractivity contribution in [1.29, 1.82) is 0 Å². The van der Waals surface area contributed by atoms with Gasteiger partial charge in [-0.05, 0) is 40.3 Å². The summed E-state index contributed by atoms with van der Waals surface area (Å²) >= 11 is 0. The van der Waals surface area contributed by atoms with Gasteiger partial charge in [-0.25, -0.2) is 0 Å². The third-order valence-electron chi connectivity index (χ3n) is 4.27. The van der Waals surface area contributed by atoms with Crippen LogP contribution in [-0.4, -0.2) is 31.1 Å². The minimum Gasteiger partial charge on any atom is -0.459 e. The predicted molar refractivity (Wildman–Crippen MR) is 89.8 cm³/mol. The molecule has 2 aromatic rings. The van der Waals surface area contributed by atoms with Crippen LogP contribution < -0.4 is 5.32 Å². The van der Waals surface area contributed by atoms with E-state index in [0.717, 1.165) is 30.9 Å². The van der Waals surface area contributed by atoms with Gasteiger partial charge in [-0.2, -0.15) is 0 Å². The molecule has 3 heteroatoms. The Morgan fingerprint density at radius 2 is 1.90 bits per heavy atom. The highest BCUT2D eigenvalue weighted by Crippen LogP contribution is 2.30. The summed E-state index contributed by atoms with van der Waals surface area (Å²) in [7, 11) is 2.16. The van der Waals surface area contributed by atoms with E-state index in [0.29, 0.717) is 6.04 Å². The summed E-state index contributed by atoms with van der Waals surface area (Å²) in [5, 5.41) is 4.84. The molecule has 116 valence electrons. The van der Waals surface area contributed by atoms with E-state index in [1.807, 2.05) is 6.07 Å². The van der Waals surface area contributed by atoms with Crippen LogP contribution in [0.15, 0.2) is 28.7 Å². The van der Waals surface area contributed by atoms with Crippen molar-refractivity contribution in [2.24, 2.45) is 0 Å². The molecule has 0 radical (unpaired) electrons. The fraction of sp³-hybridized carbons (Fsp3) is 0.556. The first-order valence-corrected chi connectivity index (χ1v) is 7.98. The summed E-state index contributed by atoms with van der Waals surface area (Å²) in [4.78, 5) is 2.35. The highest BCUT2D eigenvalue weighted by atomic mass is 16.3. The molecule has 2 rings (SSSR count). The zero-order valence-corrected chi connectivity index (χ0v) is 13.9. The standard InChI is InChI=1S/C18H28N2O/c1-6-15-16-9-7-8-10-17(16)21-18(15)14(4)19-11-12-20(5)13(2)3/h7-10,13-14,19H,6,11-12H2,1-5H3. The molecule has 0 spiro atoms. The van der Waals surface area contributed by atoms with Crippen molar-refractivity contribution in [1.82, 2.24) is 10.2 Å². The van der Waals surface area contributed by atoms with E-state index in [9.17, 15) is 0 Å². The first-order valence-electron chi connectivity index (χ1n) is 7.98. The quantitative estimate of drug-likeness (QED) is 0.835. The van der Waals surface area contributed by atoms with Gasteiger partial charge in [0.2, 0.25) is 0 Å². The lowest BCUT2D eigenvalue weighted by molar-refractivity contribution is 0.267. The van der Waals surface area contributed by atoms with Gasteiger partial charge in [-0.15, -0.1) is 0 Å². The summed E-state index contributed by atoms with van der Waals surface area (Å²) in [5.74, 6) is 1.09. The molecule has 1 aromatic carbocycles. The van der Waals surface area contributed by atoms with E-state index in [1.165, 1.54) is 10.9 Å². The van der Waals surface area contributed by atoms with Gasteiger partial charge in [0, 0.05) is 30.1 Å². The molecule has 0 aliphatic carbocycles. The Balaban J connectivity index is 2.07. The minimum absolute atomic E-state index is 0.243. The molecule has 0 amide bonds. The summed E-state index contributed by atoms with van der Waals surface area (Å²) in [6, 6.07) is 9.14. The number of para-hydroxylation sites is 1. The van der Waals surface area contributed by atoms with E-state index in [4.69, 9.17) is 4.42 Å². The second-order valence-electron chi connectivity index (χ2n) is 6.04. The number of fused-ring (bicyclic) bond motifs is 1. The number of benzene rings is 1. The van der Waals surface area contributed by atoms with Gasteiger partial charge in [0.1, 0.15) is 11.3 Å². The van der Waals surface area contributed by atoms with Crippen LogP contribution in [0.2, 0.25) is 0 Å². The molecule has 1 atom stereocenters. The van der Waals surface area contributed by atoms with Crippen LogP contribution in [0, 0.1) is 0 Å². The van der Waals surface area contributed by atoms with Crippen LogP contribution in [0.3, 0.4) is 0 Å². The molecule has 0 saturated carbocycles. The van der Waals surface area contributed by atoms with E-state index < -0.39 is 0 Å². The monoisotopic (exact) mass is 288 g/mol. The largest absolute Gasteiger partial charge is 0.459 e. The van der Waals surface area contributed by atoms with Gasteiger partial charge in [-0.1, -0.05) is 25.1 Å². The Morgan fingerprint density at radius 1 is 1.19 bits per heavy atom. The lowest BCUT2D eigenvalue weighted by Gasteiger charge is -2.22. The Morgan fingerprint density at radius 3 is 2.57 bits per heavy atom. The lowest BCUT2D eigenvalue weighted by Crippen LogP contribution is -2.34. The van der Waals surface area contributed by atoms with Crippen LogP contribution in [0.5, 0.6) is 0 Å². The van der Waals surface area contributed by atoms with Gasteiger partial charge in [0.25, 0.3) is 0 Å². The number of nitrogens with one attached hydrogen (secondary N) is 1. The van der Waals surface area contributed by atoms with Crippen molar-refractivity contribution >= 4 is 11.0 Å². The van der Waals surface area contributed by atoms with Gasteiger partial charge >= 0.3 is 0 Å². The maximum absolute atomic E-state index is 6.08. The third-order valence-corrected chi connectivity index (χ3v) is 4.27. The number of likely N-dealkylation sites (N-methyl/N-ethyl adjacent to an activating group) is 1. The van der Waals surface area contributed by atoms with Crippen LogP contribution in [0.25, 0.3) is 11.0 Å². The number of rotatable bonds is 7. The van der Waals surface area contributed by atoms with E-state index in [1.54, 1.807) is 0 Å². The molecule has 0 fully saturated rings. The SMILES string of the molecule is CCc1c(C(C)NCCN(C)C(C)C)oc2ccccc12. The normalized spacial score (nSPS) is 13.5. The van der Waals surface area contributed by atoms with Crippen molar-refractivity contribution in [3.8, 4) is 0 Å². The van der Waals surface area contributed by atoms with Crippen LogP contribution >= 0.6 is 0 Å². The molecule has 0 saturated heterocycles. The summed E-state index contributed by atoms with van der Waals surface area (Å²) in [6.07, 6.45) is 1.00. The van der Waals surface area contributed by atoms with E-state index >= 15 is 0 Å². The highest BCUT2D eigenvalue weighted by Gasteiger charge is 2.17. The maximum atomic E-state index is 6.08. The number of hydrogen-bond acceptors (Lipinski definition) is 3. The molecule has 1 unspecified atom stereocenters. The Bertz CT molecular complexity index is 574. The van der Waals surface area contributed by atoms with E-state index in [2.05, 4.69) is 63.2 Å². The molecule has 0 aliphatic rings. The summed E-state index contributed by atoms with van der Waals surface area (Å²) in [5.41, 5.74) is 2.33. The molecule has 1 N–H and O–H groups in total. The van der Waals surface area contributed by atoms with Crippen molar-refractivity contribution < 1.29 is 4.42 Å². The molecule has 0 aliphatic heterocycles. The van der Waals surface area contributed by atoms with Crippen molar-refractivity contribution in [3.05, 3.63) is 35.6 Å². The highest BCUT2D eigenvalue weighted by molar-refractivity contribution is 5.82. The van der Waals surface area contributed by atoms with Crippen molar-refractivity contribution in [3.63, 3.8) is 0 Å². The first-order chi connectivity index (χ1) is 10.0. The fourth-order valence-electron chi connectivity index (χ4n) is 2.64. The molecule has 1 aromatic heterocycles. The number of furan rings is 1. The summed E-state index contributed by atoms with van der Waals surface area (Å²) in [6.45, 7) is 10.8. The maximum Gasteiger partial charge on any atom is 0.134 e. The predicted octanol–water partition coefficient (Wildman–Crippen LogP) is 3.99. The van der Waals surface area contributed by atoms with Gasteiger partial charge in [-0.3, -0.25) is 0 Å². The molecular formula is C18H28N2O. The molecule has 0 bridgehead atoms. The number of hydrogen-bond donors (Lipinski definition) is 1. The lowest BCUT2D eigenvalue weighted by atomic mass is 10.1. The average molecular weight is 288 g/mol. The van der Waals surface area contributed by atoms with Crippen molar-refractivity contribution in [2.75, 3.05) is 20.1 Å². The van der Waals surface area contributed by atoms with Crippen LogP contribution in [0.4, 0.5) is 0 Å². The zero-order chi connectivity index (χ0) is 15.4. The second kappa shape index (κ2) is 7.10. The second-order valence-corrected chi connectivity index (χ2v) is 6.04. The Kier molecular flexibility index (Phi) is 5.43. The fourth-order valence-corrected chi connectivity index (χ4v) is 2.64.